The molecule has 0 aliphatic heterocycles. The van der Waals surface area contributed by atoms with Crippen molar-refractivity contribution in [1.82, 2.24) is 5.32 Å². The predicted octanol–water partition coefficient (Wildman–Crippen LogP) is 0.194. The van der Waals surface area contributed by atoms with Gasteiger partial charge < -0.3 is 10.8 Å². The molecule has 0 saturated carbocycles. The van der Waals surface area contributed by atoms with Gasteiger partial charge in [0.25, 0.3) is 0 Å². The molecular formula is C6H13F3N2O. The number of halogens is 3. The molecule has 0 spiro atoms. The Kier molecular flexibility index (Phi) is 4.51. The van der Waals surface area contributed by atoms with Crippen LogP contribution in [0.5, 0.6) is 0 Å². The fourth-order valence-electron chi connectivity index (χ4n) is 0.785. The molecule has 0 saturated heterocycles. The minimum absolute atomic E-state index is 0.101. The molecule has 12 heavy (non-hydrogen) atoms. The van der Waals surface area contributed by atoms with E-state index in [4.69, 9.17) is 10.8 Å². The van der Waals surface area contributed by atoms with Gasteiger partial charge >= 0.3 is 6.18 Å². The topological polar surface area (TPSA) is 58.3 Å². The molecule has 6 heteroatoms. The van der Waals surface area contributed by atoms with Crippen molar-refractivity contribution in [3.63, 3.8) is 0 Å². The van der Waals surface area contributed by atoms with Crippen LogP contribution in [0.1, 0.15) is 12.8 Å². The Hall–Kier alpha value is -0.330. The summed E-state index contributed by atoms with van der Waals surface area (Å²) in [7, 11) is 1.45. The van der Waals surface area contributed by atoms with Gasteiger partial charge in [0.2, 0.25) is 0 Å². The smallest absolute Gasteiger partial charge is 0.379 e. The van der Waals surface area contributed by atoms with E-state index in [2.05, 4.69) is 5.32 Å². The van der Waals surface area contributed by atoms with Gasteiger partial charge in [-0.1, -0.05) is 0 Å². The summed E-state index contributed by atoms with van der Waals surface area (Å²) in [6, 6.07) is -1.05. The summed E-state index contributed by atoms with van der Waals surface area (Å²) in [6.45, 7) is 0. The van der Waals surface area contributed by atoms with E-state index >= 15 is 0 Å². The number of hydrogen-bond donors (Lipinski definition) is 3. The van der Waals surface area contributed by atoms with Gasteiger partial charge in [0.15, 0.2) is 0 Å². The van der Waals surface area contributed by atoms with E-state index in [1.165, 1.54) is 7.05 Å². The van der Waals surface area contributed by atoms with Crippen LogP contribution in [0, 0.1) is 0 Å². The number of aliphatic hydroxyl groups is 1. The summed E-state index contributed by atoms with van der Waals surface area (Å²) in [6.07, 6.45) is -6.39. The van der Waals surface area contributed by atoms with Crippen molar-refractivity contribution in [2.24, 2.45) is 5.73 Å². The molecule has 0 fully saturated rings. The zero-order valence-electron chi connectivity index (χ0n) is 6.73. The third kappa shape index (κ3) is 6.38. The third-order valence-corrected chi connectivity index (χ3v) is 1.35. The monoisotopic (exact) mass is 186 g/mol. The first-order valence-corrected chi connectivity index (χ1v) is 3.53. The maximum Gasteiger partial charge on any atom is 0.390 e. The second-order valence-electron chi connectivity index (χ2n) is 2.62. The Balaban J connectivity index is 3.66. The van der Waals surface area contributed by atoms with E-state index in [9.17, 15) is 13.2 Å². The number of hydrogen-bond acceptors (Lipinski definition) is 3. The van der Waals surface area contributed by atoms with Crippen LogP contribution in [-0.2, 0) is 0 Å². The van der Waals surface area contributed by atoms with E-state index in [-0.39, 0.29) is 6.42 Å². The molecule has 0 aromatic carbocycles. The number of nitrogens with two attached hydrogens (primary N) is 1. The first kappa shape index (κ1) is 11.7. The van der Waals surface area contributed by atoms with E-state index in [0.717, 1.165) is 0 Å². The van der Waals surface area contributed by atoms with Crippen molar-refractivity contribution in [1.29, 1.82) is 0 Å². The minimum Gasteiger partial charge on any atom is -0.379 e. The number of alkyl halides is 3. The molecule has 0 heterocycles. The number of rotatable bonds is 4. The SMILES string of the molecule is CNC(O)CC(N)CC(F)(F)F. The van der Waals surface area contributed by atoms with Gasteiger partial charge in [-0.25, -0.2) is 0 Å². The summed E-state index contributed by atoms with van der Waals surface area (Å²) in [4.78, 5) is 0. The summed E-state index contributed by atoms with van der Waals surface area (Å²) in [5, 5.41) is 11.3. The molecule has 2 atom stereocenters. The average Bonchev–Trinajstić information content (AvgIpc) is 1.82. The quantitative estimate of drug-likeness (QED) is 0.549. The van der Waals surface area contributed by atoms with Gasteiger partial charge in [0, 0.05) is 12.5 Å². The fraction of sp³-hybridized carbons (Fsp3) is 1.00. The highest BCUT2D eigenvalue weighted by molar-refractivity contribution is 4.69. The van der Waals surface area contributed by atoms with Crippen molar-refractivity contribution >= 4 is 0 Å². The average molecular weight is 186 g/mol. The molecule has 0 aromatic rings. The molecule has 74 valence electrons. The Labute approximate surface area is 68.7 Å². The molecule has 0 bridgehead atoms. The lowest BCUT2D eigenvalue weighted by atomic mass is 10.1. The third-order valence-electron chi connectivity index (χ3n) is 1.35. The van der Waals surface area contributed by atoms with Gasteiger partial charge in [0.05, 0.1) is 6.42 Å². The fourth-order valence-corrected chi connectivity index (χ4v) is 0.785. The predicted molar refractivity (Wildman–Crippen MR) is 38.3 cm³/mol. The van der Waals surface area contributed by atoms with E-state index in [1.54, 1.807) is 0 Å². The zero-order chi connectivity index (χ0) is 9.78. The lowest BCUT2D eigenvalue weighted by molar-refractivity contribution is -0.139. The van der Waals surface area contributed by atoms with Crippen molar-refractivity contribution in [3.8, 4) is 0 Å². The Morgan fingerprint density at radius 3 is 2.33 bits per heavy atom. The van der Waals surface area contributed by atoms with E-state index < -0.39 is 24.9 Å². The highest BCUT2D eigenvalue weighted by Gasteiger charge is 2.30. The minimum atomic E-state index is -4.26. The summed E-state index contributed by atoms with van der Waals surface area (Å²) in [5.74, 6) is 0. The van der Waals surface area contributed by atoms with Crippen molar-refractivity contribution in [2.75, 3.05) is 7.05 Å². The molecule has 4 N–H and O–H groups in total. The zero-order valence-corrected chi connectivity index (χ0v) is 6.73. The molecule has 2 unspecified atom stereocenters. The first-order valence-electron chi connectivity index (χ1n) is 3.53. The van der Waals surface area contributed by atoms with Crippen LogP contribution in [0.4, 0.5) is 13.2 Å². The maximum atomic E-state index is 11.7. The van der Waals surface area contributed by atoms with Crippen molar-refractivity contribution < 1.29 is 18.3 Å². The summed E-state index contributed by atoms with van der Waals surface area (Å²) >= 11 is 0. The second-order valence-corrected chi connectivity index (χ2v) is 2.62. The van der Waals surface area contributed by atoms with E-state index in [0.29, 0.717) is 0 Å². The van der Waals surface area contributed by atoms with Gasteiger partial charge in [-0.2, -0.15) is 13.2 Å². The summed E-state index contributed by atoms with van der Waals surface area (Å²) in [5.41, 5.74) is 5.12. The Morgan fingerprint density at radius 1 is 1.50 bits per heavy atom. The van der Waals surface area contributed by atoms with E-state index in [1.807, 2.05) is 0 Å². The van der Waals surface area contributed by atoms with Crippen LogP contribution in [-0.4, -0.2) is 30.6 Å². The second kappa shape index (κ2) is 4.64. The highest BCUT2D eigenvalue weighted by atomic mass is 19.4. The van der Waals surface area contributed by atoms with Gasteiger partial charge in [-0.3, -0.25) is 5.32 Å². The highest BCUT2D eigenvalue weighted by Crippen LogP contribution is 2.21. The normalized spacial score (nSPS) is 17.5. The van der Waals surface area contributed by atoms with Gasteiger partial charge in [-0.05, 0) is 7.05 Å². The Morgan fingerprint density at radius 2 is 2.00 bits per heavy atom. The van der Waals surface area contributed by atoms with Gasteiger partial charge in [0.1, 0.15) is 6.23 Å². The lowest BCUT2D eigenvalue weighted by Crippen LogP contribution is -2.36. The molecule has 0 rings (SSSR count). The lowest BCUT2D eigenvalue weighted by Gasteiger charge is -2.16. The van der Waals surface area contributed by atoms with Crippen LogP contribution in [0.25, 0.3) is 0 Å². The first-order chi connectivity index (χ1) is 5.35. The van der Waals surface area contributed by atoms with Gasteiger partial charge in [-0.15, -0.1) is 0 Å². The van der Waals surface area contributed by atoms with Crippen LogP contribution >= 0.6 is 0 Å². The van der Waals surface area contributed by atoms with Crippen LogP contribution in [0.15, 0.2) is 0 Å². The standard InChI is InChI=1S/C6H13F3N2O/c1-11-5(12)2-4(10)3-6(7,8)9/h4-5,11-12H,2-3,10H2,1H3. The largest absolute Gasteiger partial charge is 0.390 e. The molecule has 0 aliphatic carbocycles. The van der Waals surface area contributed by atoms with Crippen molar-refractivity contribution in [3.05, 3.63) is 0 Å². The molecule has 0 aromatic heterocycles. The molecule has 0 radical (unpaired) electrons. The van der Waals surface area contributed by atoms with Crippen LogP contribution in [0.3, 0.4) is 0 Å². The summed E-state index contributed by atoms with van der Waals surface area (Å²) < 4.78 is 35.0. The molecular weight excluding hydrogens is 173 g/mol. The molecule has 0 amide bonds. The van der Waals surface area contributed by atoms with Crippen LogP contribution < -0.4 is 11.1 Å². The molecule has 0 aliphatic rings. The molecule has 3 nitrogen and oxygen atoms in total. The number of nitrogens with one attached hydrogen (secondary N) is 1. The van der Waals surface area contributed by atoms with Crippen LogP contribution in [0.2, 0.25) is 0 Å². The Bertz CT molecular complexity index is 128. The van der Waals surface area contributed by atoms with Crippen molar-refractivity contribution in [2.45, 2.75) is 31.3 Å². The number of aliphatic hydroxyl groups excluding tert-OH is 1. The maximum absolute atomic E-state index is 11.7.